The molecule has 2 aromatic rings. The molecule has 0 aromatic heterocycles. The number of ether oxygens (including phenoxy) is 2. The van der Waals surface area contributed by atoms with Crippen molar-refractivity contribution in [2.24, 2.45) is 0 Å². The minimum absolute atomic E-state index is 0. The van der Waals surface area contributed by atoms with Crippen molar-refractivity contribution in [2.75, 3.05) is 32.8 Å². The van der Waals surface area contributed by atoms with Crippen LogP contribution in [0.5, 0.6) is 0 Å². The number of carbonyl (C=O) groups excluding carboxylic acids is 2. The molecular formula is C29H41I8N3O8S2V2-. The molecule has 0 aliphatic carbocycles. The average Bonchev–Trinajstić information content (AvgIpc) is 3.75. The van der Waals surface area contributed by atoms with Crippen LogP contribution >= 0.6 is 137 Å². The Hall–Kier alpha value is 4.07. The molecule has 3 aliphatic heterocycles. The molecule has 299 valence electrons. The molecule has 2 N–H and O–H groups in total. The van der Waals surface area contributed by atoms with E-state index in [-0.39, 0.29) is 48.5 Å². The average molecular weight is 1740 g/mol. The predicted molar refractivity (Wildman–Crippen MR) is 260 cm³/mol. The number of carbonyl (C=O) groups is 2. The van der Waals surface area contributed by atoms with Crippen LogP contribution in [0.4, 0.5) is 0 Å². The van der Waals surface area contributed by atoms with Crippen LogP contribution in [-0.4, -0.2) is 78.4 Å². The van der Waals surface area contributed by atoms with Crippen LogP contribution in [0.25, 0.3) is 0 Å². The fraction of sp³-hybridized carbons (Fsp3) is 0.448. The Labute approximate surface area is 406 Å². The van der Waals surface area contributed by atoms with E-state index in [2.05, 4.69) is 147 Å². The van der Waals surface area contributed by atoms with E-state index in [0.29, 0.717) is 48.8 Å². The number of imide groups is 1. The van der Waals surface area contributed by atoms with Crippen molar-refractivity contribution in [1.29, 1.82) is 0 Å². The van der Waals surface area contributed by atoms with Crippen LogP contribution in [0, 0.1) is 6.92 Å². The fourth-order valence-electron chi connectivity index (χ4n) is 4.50. The summed E-state index contributed by atoms with van der Waals surface area (Å²) < 4.78 is 61.3. The Morgan fingerprint density at radius 1 is 0.769 bits per heavy atom. The van der Waals surface area contributed by atoms with E-state index in [1.54, 1.807) is 0 Å². The van der Waals surface area contributed by atoms with Crippen LogP contribution in [0.1, 0.15) is 49.2 Å². The van der Waals surface area contributed by atoms with Crippen molar-refractivity contribution in [3.05, 3.63) is 83.4 Å². The van der Waals surface area contributed by atoms with Gasteiger partial charge in [-0.1, -0.05) is 67.6 Å². The van der Waals surface area contributed by atoms with Crippen LogP contribution < -0.4 is 22.7 Å². The standard InChI is InChI=1S/C12H17NO3S.C11H15NO3S.C5H5NO2.CH4.I3.5HI.2V/c1-9-3-5-10(6-4-9)12-11(7-8-16-12)13-17(2,14)15;1-16(13,14)12-10-7-8-15-11(10)9-5-3-2-4-6-9;1-6-4(7)2-3-5(6)8;;1-3-2;;;;;;;/h3-6,11-13H,7-8H2,1-2H3;2-6,10-12H,7-8H2,1H3;2-3H,1H3;1H4;;5*1H;;/q;;;;-1;;;;;;+2;+3/p-5. The molecule has 4 unspecified atom stereocenters. The van der Waals surface area contributed by atoms with Crippen LogP contribution in [0.15, 0.2) is 66.7 Å². The van der Waals surface area contributed by atoms with Gasteiger partial charge in [-0.2, -0.15) is 0 Å². The van der Waals surface area contributed by atoms with Crippen molar-refractivity contribution in [2.45, 2.75) is 51.5 Å². The molecule has 2 amide bonds. The van der Waals surface area contributed by atoms with E-state index in [4.69, 9.17) is 9.47 Å². The Balaban J connectivity index is 0. The molecule has 0 bridgehead atoms. The van der Waals surface area contributed by atoms with Gasteiger partial charge in [0, 0.05) is 32.4 Å². The molecule has 5 rings (SSSR count). The molecule has 0 saturated carbocycles. The number of nitrogens with one attached hydrogen (secondary N) is 2. The van der Waals surface area contributed by atoms with Gasteiger partial charge < -0.3 is 9.47 Å². The Morgan fingerprint density at radius 2 is 1.10 bits per heavy atom. The number of nitrogens with zero attached hydrogens (tertiary/aromatic N) is 1. The number of benzene rings is 2. The second kappa shape index (κ2) is 32.8. The Kier molecular flexibility index (Phi) is 36.7. The summed E-state index contributed by atoms with van der Waals surface area (Å²) in [6.07, 6.45) is 5.94. The van der Waals surface area contributed by atoms with Crippen molar-refractivity contribution >= 4 is 169 Å². The first-order valence-corrected chi connectivity index (χ1v) is 53.0. The zero-order valence-corrected chi connectivity index (χ0v) is 49.1. The summed E-state index contributed by atoms with van der Waals surface area (Å²) in [5, 5.41) is 0. The van der Waals surface area contributed by atoms with Gasteiger partial charge in [0.25, 0.3) is 11.8 Å². The molecule has 3 aliphatic rings. The topological polar surface area (TPSA) is 148 Å². The fourth-order valence-corrected chi connectivity index (χ4v) is 6.08. The molecular weight excluding hydrogens is 1700 g/mol. The molecule has 2 saturated heterocycles. The number of hydrogen-bond acceptors (Lipinski definition) is 8. The van der Waals surface area contributed by atoms with Crippen molar-refractivity contribution in [3.8, 4) is 0 Å². The summed E-state index contributed by atoms with van der Waals surface area (Å²) >= 11 is 17.4. The molecule has 23 heteroatoms. The molecule has 0 spiro atoms. The summed E-state index contributed by atoms with van der Waals surface area (Å²) in [5.74, 6) is -0.481. The second-order valence-electron chi connectivity index (χ2n) is 10.4. The molecule has 2 aromatic carbocycles. The number of likely N-dealkylation sites (N-methyl/N-ethyl adjacent to an activating group) is 1. The second-order valence-corrected chi connectivity index (χ2v) is 77.3. The first kappa shape index (κ1) is 58.2. The zero-order chi connectivity index (χ0) is 39.2. The number of amides is 2. The molecule has 11 nitrogen and oxygen atoms in total. The van der Waals surface area contributed by atoms with Crippen molar-refractivity contribution in [1.82, 2.24) is 14.3 Å². The molecule has 3 heterocycles. The van der Waals surface area contributed by atoms with E-state index >= 15 is 0 Å². The summed E-state index contributed by atoms with van der Waals surface area (Å²) in [6.45, 7) is 3.20. The van der Waals surface area contributed by atoms with Crippen molar-refractivity contribution < 1.29 is 63.5 Å². The van der Waals surface area contributed by atoms with Crippen molar-refractivity contribution in [3.63, 3.8) is 0 Å². The van der Waals surface area contributed by atoms with E-state index in [1.165, 1.54) is 37.3 Å². The first-order chi connectivity index (χ1) is 23.8. The van der Waals surface area contributed by atoms with E-state index in [9.17, 15) is 26.4 Å². The van der Waals surface area contributed by atoms with Gasteiger partial charge in [-0.3, -0.25) is 14.5 Å². The first-order valence-electron chi connectivity index (χ1n) is 14.2. The maximum absolute atomic E-state index is 11.3. The van der Waals surface area contributed by atoms with Gasteiger partial charge in [-0.25, -0.2) is 26.3 Å². The van der Waals surface area contributed by atoms with Gasteiger partial charge in [-0.15, -0.1) is 0 Å². The third-order valence-electron chi connectivity index (χ3n) is 6.48. The van der Waals surface area contributed by atoms with Crippen LogP contribution in [0.3, 0.4) is 0 Å². The Morgan fingerprint density at radius 3 is 1.38 bits per heavy atom. The van der Waals surface area contributed by atoms with Crippen LogP contribution in [0.2, 0.25) is 0 Å². The SMILES string of the molecule is C.CN1C(=O)C=CC1=O.CS(=O)(=O)NC1CCOC1c1ccccc1.Cc1ccc(C2OCCC2NS(C)(=O)=O)cc1.I[I-]I.[I][V]([I])[I].[I][V][I]. The normalized spacial score (nSPS) is 20.3. The number of aryl methyl sites for hydroxylation is 1. The van der Waals surface area contributed by atoms with E-state index in [1.807, 2.05) is 61.5 Å². The molecule has 4 atom stereocenters. The molecule has 52 heavy (non-hydrogen) atoms. The summed E-state index contributed by atoms with van der Waals surface area (Å²) in [6, 6.07) is 17.4. The monoisotopic (exact) mass is 1740 g/mol. The van der Waals surface area contributed by atoms with E-state index in [0.717, 1.165) is 16.0 Å². The van der Waals surface area contributed by atoms with Gasteiger partial charge in [0.1, 0.15) is 0 Å². The predicted octanol–water partition coefficient (Wildman–Crippen LogP) is 5.82. The third kappa shape index (κ3) is 28.5. The molecule has 2 fully saturated rings. The number of sulfonamides is 2. The van der Waals surface area contributed by atoms with Gasteiger partial charge in [0.15, 0.2) is 0 Å². The number of rotatable bonds is 6. The van der Waals surface area contributed by atoms with Crippen LogP contribution in [-0.2, 0) is 53.5 Å². The summed E-state index contributed by atoms with van der Waals surface area (Å²) in [4.78, 5) is 21.6. The quantitative estimate of drug-likeness (QED) is 0.272. The van der Waals surface area contributed by atoms with Gasteiger partial charge >= 0.3 is 165 Å². The van der Waals surface area contributed by atoms with Gasteiger partial charge in [0.2, 0.25) is 20.0 Å². The summed E-state index contributed by atoms with van der Waals surface area (Å²) in [7, 11) is -4.29. The molecule has 0 radical (unpaired) electrons. The van der Waals surface area contributed by atoms with Gasteiger partial charge in [-0.05, 0) is 30.9 Å². The van der Waals surface area contributed by atoms with E-state index < -0.39 is 20.0 Å². The third-order valence-corrected chi connectivity index (χ3v) is 7.94. The zero-order valence-electron chi connectivity index (χ0n) is 27.4. The number of hydrogen-bond donors (Lipinski definition) is 2. The minimum atomic E-state index is -3.19. The maximum atomic E-state index is 11.3. The summed E-state index contributed by atoms with van der Waals surface area (Å²) in [5.41, 5.74) is 3.22. The Bertz CT molecular complexity index is 1530. The van der Waals surface area contributed by atoms with Gasteiger partial charge in [0.05, 0.1) is 36.8 Å². The number of halogens is 8.